The van der Waals surface area contributed by atoms with Crippen molar-refractivity contribution in [2.24, 2.45) is 5.41 Å². The molecule has 0 aliphatic heterocycles. The topological polar surface area (TPSA) is 24.9 Å². The van der Waals surface area contributed by atoms with Crippen LogP contribution < -0.4 is 5.32 Å². The van der Waals surface area contributed by atoms with Gasteiger partial charge in [-0.3, -0.25) is 0 Å². The molecule has 1 atom stereocenters. The lowest BCUT2D eigenvalue weighted by Crippen LogP contribution is -2.29. The molecule has 1 aromatic rings. The molecule has 0 spiro atoms. The van der Waals surface area contributed by atoms with Gasteiger partial charge in [0.25, 0.3) is 0 Å². The maximum atomic E-state index is 4.41. The first-order valence-corrected chi connectivity index (χ1v) is 6.33. The average molecular weight is 226 g/mol. The Kier molecular flexibility index (Phi) is 4.29. The van der Waals surface area contributed by atoms with Crippen LogP contribution in [0.1, 0.15) is 43.5 Å². The van der Waals surface area contributed by atoms with Gasteiger partial charge in [0.15, 0.2) is 0 Å². The molecular weight excluding hydrogens is 204 g/mol. The number of nitrogens with one attached hydrogen (secondary N) is 1. The van der Waals surface area contributed by atoms with Gasteiger partial charge in [0.2, 0.25) is 0 Å². The van der Waals surface area contributed by atoms with Crippen LogP contribution in [-0.2, 0) is 0 Å². The molecule has 0 aliphatic carbocycles. The van der Waals surface area contributed by atoms with E-state index < -0.39 is 0 Å². The Labute approximate surface area is 97.1 Å². The van der Waals surface area contributed by atoms with E-state index in [0.717, 1.165) is 13.1 Å². The van der Waals surface area contributed by atoms with Crippen molar-refractivity contribution in [3.05, 3.63) is 16.1 Å². The molecule has 1 rings (SSSR count). The molecule has 0 fully saturated rings. The molecule has 0 saturated carbocycles. The van der Waals surface area contributed by atoms with Crippen molar-refractivity contribution in [2.45, 2.75) is 40.5 Å². The minimum absolute atomic E-state index is 0.360. The summed E-state index contributed by atoms with van der Waals surface area (Å²) in [7, 11) is 0. The standard InChI is InChI=1S/C12H22N2S/c1-9(6-13-8-12(3,4)5)11-14-7-10(2)15-11/h7,9,13H,6,8H2,1-5H3. The summed E-state index contributed by atoms with van der Waals surface area (Å²) in [4.78, 5) is 5.71. The summed E-state index contributed by atoms with van der Waals surface area (Å²) in [5, 5.41) is 4.74. The van der Waals surface area contributed by atoms with E-state index in [1.54, 1.807) is 11.3 Å². The summed E-state index contributed by atoms with van der Waals surface area (Å²) in [6, 6.07) is 0. The van der Waals surface area contributed by atoms with Gasteiger partial charge in [-0.05, 0) is 12.3 Å². The normalized spacial score (nSPS) is 14.2. The first-order chi connectivity index (χ1) is 6.88. The third kappa shape index (κ3) is 4.76. The van der Waals surface area contributed by atoms with Gasteiger partial charge in [0.05, 0.1) is 5.01 Å². The Morgan fingerprint density at radius 1 is 1.47 bits per heavy atom. The second-order valence-electron chi connectivity index (χ2n) is 5.40. The molecule has 2 nitrogen and oxygen atoms in total. The van der Waals surface area contributed by atoms with E-state index in [-0.39, 0.29) is 0 Å². The fraction of sp³-hybridized carbons (Fsp3) is 0.750. The molecule has 0 bridgehead atoms. The average Bonchev–Trinajstić information content (AvgIpc) is 2.49. The van der Waals surface area contributed by atoms with Gasteiger partial charge >= 0.3 is 0 Å². The van der Waals surface area contributed by atoms with Gasteiger partial charge in [-0.1, -0.05) is 27.7 Å². The molecule has 1 unspecified atom stereocenters. The zero-order valence-corrected chi connectivity index (χ0v) is 11.2. The highest BCUT2D eigenvalue weighted by molar-refractivity contribution is 7.11. The van der Waals surface area contributed by atoms with Crippen molar-refractivity contribution < 1.29 is 0 Å². The monoisotopic (exact) mass is 226 g/mol. The zero-order chi connectivity index (χ0) is 11.5. The molecule has 15 heavy (non-hydrogen) atoms. The summed E-state index contributed by atoms with van der Waals surface area (Å²) in [5.41, 5.74) is 0.360. The fourth-order valence-electron chi connectivity index (χ4n) is 1.35. The minimum atomic E-state index is 0.360. The van der Waals surface area contributed by atoms with Crippen molar-refractivity contribution in [1.29, 1.82) is 0 Å². The molecule has 1 N–H and O–H groups in total. The Morgan fingerprint density at radius 3 is 2.60 bits per heavy atom. The largest absolute Gasteiger partial charge is 0.316 e. The Morgan fingerprint density at radius 2 is 2.13 bits per heavy atom. The van der Waals surface area contributed by atoms with Gasteiger partial charge < -0.3 is 5.32 Å². The van der Waals surface area contributed by atoms with Gasteiger partial charge in [-0.2, -0.15) is 0 Å². The number of aromatic nitrogens is 1. The summed E-state index contributed by atoms with van der Waals surface area (Å²) in [6.07, 6.45) is 1.96. The van der Waals surface area contributed by atoms with Gasteiger partial charge in [-0.25, -0.2) is 4.98 Å². The maximum absolute atomic E-state index is 4.41. The van der Waals surface area contributed by atoms with Crippen LogP contribution in [-0.4, -0.2) is 18.1 Å². The second-order valence-corrected chi connectivity index (χ2v) is 6.67. The molecule has 0 aliphatic rings. The van der Waals surface area contributed by atoms with Crippen LogP contribution in [0.15, 0.2) is 6.20 Å². The lowest BCUT2D eigenvalue weighted by molar-refractivity contribution is 0.375. The summed E-state index contributed by atoms with van der Waals surface area (Å²) < 4.78 is 0. The predicted molar refractivity (Wildman–Crippen MR) is 67.6 cm³/mol. The van der Waals surface area contributed by atoms with E-state index in [4.69, 9.17) is 0 Å². The summed E-state index contributed by atoms with van der Waals surface area (Å²) in [5.74, 6) is 0.519. The number of nitrogens with zero attached hydrogens (tertiary/aromatic N) is 1. The molecule has 1 heterocycles. The summed E-state index contributed by atoms with van der Waals surface area (Å²) >= 11 is 1.80. The molecule has 86 valence electrons. The van der Waals surface area contributed by atoms with Crippen LogP contribution in [0.5, 0.6) is 0 Å². The lowest BCUT2D eigenvalue weighted by Gasteiger charge is -2.20. The zero-order valence-electron chi connectivity index (χ0n) is 10.4. The van der Waals surface area contributed by atoms with E-state index >= 15 is 0 Å². The minimum Gasteiger partial charge on any atom is -0.316 e. The molecule has 0 radical (unpaired) electrons. The fourth-order valence-corrected chi connectivity index (χ4v) is 2.18. The number of aryl methyl sites for hydroxylation is 1. The van der Waals surface area contributed by atoms with Gasteiger partial charge in [0.1, 0.15) is 0 Å². The highest BCUT2D eigenvalue weighted by Gasteiger charge is 2.12. The van der Waals surface area contributed by atoms with Crippen LogP contribution in [0.25, 0.3) is 0 Å². The number of hydrogen-bond donors (Lipinski definition) is 1. The third-order valence-corrected chi connectivity index (χ3v) is 3.31. The van der Waals surface area contributed by atoms with E-state index in [1.807, 2.05) is 6.20 Å². The van der Waals surface area contributed by atoms with Crippen molar-refractivity contribution in [2.75, 3.05) is 13.1 Å². The Bertz CT molecular complexity index is 299. The molecule has 0 saturated heterocycles. The van der Waals surface area contributed by atoms with Crippen LogP contribution >= 0.6 is 11.3 Å². The first kappa shape index (κ1) is 12.7. The SMILES string of the molecule is Cc1cnc(C(C)CNCC(C)(C)C)s1. The quantitative estimate of drug-likeness (QED) is 0.853. The first-order valence-electron chi connectivity index (χ1n) is 5.51. The smallest absolute Gasteiger partial charge is 0.0968 e. The molecule has 1 aromatic heterocycles. The Hall–Kier alpha value is -0.410. The van der Waals surface area contributed by atoms with Crippen LogP contribution in [0.4, 0.5) is 0 Å². The second kappa shape index (κ2) is 5.08. The predicted octanol–water partition coefficient (Wildman–Crippen LogP) is 3.19. The van der Waals surface area contributed by atoms with Crippen LogP contribution in [0.3, 0.4) is 0 Å². The van der Waals surface area contributed by atoms with E-state index in [0.29, 0.717) is 11.3 Å². The van der Waals surface area contributed by atoms with Gasteiger partial charge in [-0.15, -0.1) is 11.3 Å². The number of thiazole rings is 1. The summed E-state index contributed by atoms with van der Waals surface area (Å²) in [6.45, 7) is 13.2. The van der Waals surface area contributed by atoms with Gasteiger partial charge in [0, 0.05) is 30.1 Å². The van der Waals surface area contributed by atoms with Crippen molar-refractivity contribution in [3.8, 4) is 0 Å². The third-order valence-electron chi connectivity index (χ3n) is 2.17. The van der Waals surface area contributed by atoms with Crippen LogP contribution in [0, 0.1) is 12.3 Å². The van der Waals surface area contributed by atoms with Crippen molar-refractivity contribution >= 4 is 11.3 Å². The number of rotatable bonds is 4. The lowest BCUT2D eigenvalue weighted by atomic mass is 9.97. The van der Waals surface area contributed by atoms with E-state index in [2.05, 4.69) is 44.9 Å². The molecule has 0 aromatic carbocycles. The molecule has 0 amide bonds. The number of hydrogen-bond acceptors (Lipinski definition) is 3. The molecular formula is C12H22N2S. The highest BCUT2D eigenvalue weighted by atomic mass is 32.1. The maximum Gasteiger partial charge on any atom is 0.0968 e. The van der Waals surface area contributed by atoms with E-state index in [1.165, 1.54) is 9.88 Å². The molecule has 3 heteroatoms. The van der Waals surface area contributed by atoms with Crippen LogP contribution in [0.2, 0.25) is 0 Å². The Balaban J connectivity index is 2.34. The van der Waals surface area contributed by atoms with Crippen molar-refractivity contribution in [3.63, 3.8) is 0 Å². The van der Waals surface area contributed by atoms with E-state index in [9.17, 15) is 0 Å². The van der Waals surface area contributed by atoms with Crippen molar-refractivity contribution in [1.82, 2.24) is 10.3 Å². The highest BCUT2D eigenvalue weighted by Crippen LogP contribution is 2.20.